The fourth-order valence-corrected chi connectivity index (χ4v) is 1.71. The third kappa shape index (κ3) is 2.82. The summed E-state index contributed by atoms with van der Waals surface area (Å²) in [6.45, 7) is 0.0413. The van der Waals surface area contributed by atoms with Crippen molar-refractivity contribution in [3.63, 3.8) is 0 Å². The van der Waals surface area contributed by atoms with E-state index in [9.17, 15) is 5.11 Å². The third-order valence-electron chi connectivity index (χ3n) is 2.71. The fourth-order valence-electron chi connectivity index (χ4n) is 1.71. The molecule has 0 saturated heterocycles. The van der Waals surface area contributed by atoms with Gasteiger partial charge in [0.05, 0.1) is 12.7 Å². The Balaban J connectivity index is 2.17. The summed E-state index contributed by atoms with van der Waals surface area (Å²) in [6.07, 6.45) is 2.95. The van der Waals surface area contributed by atoms with Gasteiger partial charge in [-0.2, -0.15) is 0 Å². The fraction of sp³-hybridized carbons (Fsp3) is 0.231. The summed E-state index contributed by atoms with van der Waals surface area (Å²) in [5.74, 6) is 0. The molecule has 0 aliphatic carbocycles. The standard InChI is InChI=1S/C13H17N3O2/c14-13-2-1-10(16-7-11(18)8-17)5-12(13)9-3-4-15-6-9/h1-6,11,15-18H,7-8,14H2. The molecule has 5 nitrogen and oxygen atoms in total. The molecule has 18 heavy (non-hydrogen) atoms. The number of aromatic amines is 1. The lowest BCUT2D eigenvalue weighted by Crippen LogP contribution is -2.22. The number of nitrogens with two attached hydrogens (primary N) is 1. The first-order valence-corrected chi connectivity index (χ1v) is 5.76. The quantitative estimate of drug-likeness (QED) is 0.510. The number of hydrogen-bond donors (Lipinski definition) is 5. The van der Waals surface area contributed by atoms with Crippen LogP contribution in [0.5, 0.6) is 0 Å². The molecule has 1 aromatic heterocycles. The predicted octanol–water partition coefficient (Wildman–Crippen LogP) is 1.03. The molecule has 0 fully saturated rings. The third-order valence-corrected chi connectivity index (χ3v) is 2.71. The van der Waals surface area contributed by atoms with Gasteiger partial charge in [0.15, 0.2) is 0 Å². The van der Waals surface area contributed by atoms with Gasteiger partial charge in [-0.1, -0.05) is 0 Å². The molecule has 1 aromatic carbocycles. The molecule has 2 aromatic rings. The number of aliphatic hydroxyl groups excluding tert-OH is 2. The van der Waals surface area contributed by atoms with Crippen LogP contribution in [0.25, 0.3) is 11.1 Å². The van der Waals surface area contributed by atoms with Crippen LogP contribution in [0.2, 0.25) is 0 Å². The Bertz CT molecular complexity index is 497. The van der Waals surface area contributed by atoms with Gasteiger partial charge in [-0.25, -0.2) is 0 Å². The molecule has 6 N–H and O–H groups in total. The maximum atomic E-state index is 9.28. The maximum Gasteiger partial charge on any atom is 0.0942 e. The monoisotopic (exact) mass is 247 g/mol. The van der Waals surface area contributed by atoms with Gasteiger partial charge in [0.2, 0.25) is 0 Å². The number of H-pyrrole nitrogens is 1. The smallest absolute Gasteiger partial charge is 0.0942 e. The van der Waals surface area contributed by atoms with Crippen LogP contribution in [0, 0.1) is 0 Å². The molecular formula is C13H17N3O2. The molecule has 0 bridgehead atoms. The number of nitrogen functional groups attached to an aromatic ring is 1. The Morgan fingerprint density at radius 2 is 2.17 bits per heavy atom. The summed E-state index contributed by atoms with van der Waals surface area (Å²) in [6, 6.07) is 7.52. The molecule has 2 rings (SSSR count). The Labute approximate surface area is 105 Å². The SMILES string of the molecule is Nc1ccc(NCC(O)CO)cc1-c1cc[nH]c1. The zero-order valence-corrected chi connectivity index (χ0v) is 9.93. The summed E-state index contributed by atoms with van der Waals surface area (Å²) >= 11 is 0. The van der Waals surface area contributed by atoms with Crippen molar-refractivity contribution in [2.75, 3.05) is 24.2 Å². The van der Waals surface area contributed by atoms with Crippen molar-refractivity contribution >= 4 is 11.4 Å². The van der Waals surface area contributed by atoms with E-state index >= 15 is 0 Å². The number of hydrogen-bond acceptors (Lipinski definition) is 4. The number of anilines is 2. The minimum Gasteiger partial charge on any atom is -0.398 e. The summed E-state index contributed by atoms with van der Waals surface area (Å²) in [5, 5.41) is 21.1. The Morgan fingerprint density at radius 1 is 1.33 bits per heavy atom. The average molecular weight is 247 g/mol. The average Bonchev–Trinajstić information content (AvgIpc) is 2.91. The van der Waals surface area contributed by atoms with Crippen LogP contribution in [0.3, 0.4) is 0 Å². The second kappa shape index (κ2) is 5.57. The Kier molecular flexibility index (Phi) is 3.86. The van der Waals surface area contributed by atoms with Gasteiger partial charge >= 0.3 is 0 Å². The highest BCUT2D eigenvalue weighted by Crippen LogP contribution is 2.28. The topological polar surface area (TPSA) is 94.3 Å². The molecule has 1 heterocycles. The van der Waals surface area contributed by atoms with Crippen molar-refractivity contribution in [2.24, 2.45) is 0 Å². The lowest BCUT2D eigenvalue weighted by atomic mass is 10.1. The minimum absolute atomic E-state index is 0.257. The number of nitrogens with one attached hydrogen (secondary N) is 2. The minimum atomic E-state index is -0.765. The Hall–Kier alpha value is -1.98. The van der Waals surface area contributed by atoms with Gasteiger partial charge in [0.25, 0.3) is 0 Å². The maximum absolute atomic E-state index is 9.28. The summed E-state index contributed by atoms with van der Waals surface area (Å²) in [4.78, 5) is 2.99. The van der Waals surface area contributed by atoms with E-state index < -0.39 is 6.10 Å². The summed E-state index contributed by atoms with van der Waals surface area (Å²) < 4.78 is 0. The molecule has 0 radical (unpaired) electrons. The van der Waals surface area contributed by atoms with E-state index in [0.717, 1.165) is 16.8 Å². The molecular weight excluding hydrogens is 230 g/mol. The molecule has 1 unspecified atom stereocenters. The van der Waals surface area contributed by atoms with E-state index in [-0.39, 0.29) is 6.61 Å². The van der Waals surface area contributed by atoms with Crippen LogP contribution in [-0.2, 0) is 0 Å². The summed E-state index contributed by atoms with van der Waals surface area (Å²) in [5.41, 5.74) is 9.43. The van der Waals surface area contributed by atoms with Gasteiger partial charge in [-0.3, -0.25) is 0 Å². The van der Waals surface area contributed by atoms with Crippen LogP contribution in [0.1, 0.15) is 0 Å². The normalized spacial score (nSPS) is 12.3. The number of aromatic nitrogens is 1. The summed E-state index contributed by atoms with van der Waals surface area (Å²) in [7, 11) is 0. The van der Waals surface area contributed by atoms with Crippen LogP contribution in [-0.4, -0.2) is 34.5 Å². The lowest BCUT2D eigenvalue weighted by molar-refractivity contribution is 0.105. The van der Waals surface area contributed by atoms with Gasteiger partial charge in [0, 0.05) is 41.4 Å². The number of benzene rings is 1. The highest BCUT2D eigenvalue weighted by Gasteiger charge is 2.06. The second-order valence-corrected chi connectivity index (χ2v) is 4.12. The van der Waals surface area contributed by atoms with Crippen LogP contribution < -0.4 is 11.1 Å². The zero-order chi connectivity index (χ0) is 13.0. The number of aliphatic hydroxyl groups is 2. The molecule has 1 atom stereocenters. The van der Waals surface area contributed by atoms with Crippen LogP contribution >= 0.6 is 0 Å². The first-order valence-electron chi connectivity index (χ1n) is 5.76. The molecule has 5 heteroatoms. The largest absolute Gasteiger partial charge is 0.398 e. The van der Waals surface area contributed by atoms with Crippen molar-refractivity contribution in [2.45, 2.75) is 6.10 Å². The second-order valence-electron chi connectivity index (χ2n) is 4.12. The van der Waals surface area contributed by atoms with Crippen molar-refractivity contribution < 1.29 is 10.2 Å². The molecule has 0 saturated carbocycles. The highest BCUT2D eigenvalue weighted by atomic mass is 16.3. The molecule has 96 valence electrons. The Morgan fingerprint density at radius 3 is 2.83 bits per heavy atom. The first kappa shape index (κ1) is 12.5. The predicted molar refractivity (Wildman–Crippen MR) is 72.2 cm³/mol. The molecule has 0 aliphatic heterocycles. The van der Waals surface area contributed by atoms with E-state index in [2.05, 4.69) is 10.3 Å². The van der Waals surface area contributed by atoms with Crippen molar-refractivity contribution in [3.8, 4) is 11.1 Å². The van der Waals surface area contributed by atoms with Crippen LogP contribution in [0.4, 0.5) is 11.4 Å². The van der Waals surface area contributed by atoms with Gasteiger partial charge in [0.1, 0.15) is 0 Å². The van der Waals surface area contributed by atoms with E-state index in [1.807, 2.05) is 36.7 Å². The lowest BCUT2D eigenvalue weighted by Gasteiger charge is -2.12. The van der Waals surface area contributed by atoms with E-state index in [4.69, 9.17) is 10.8 Å². The molecule has 0 spiro atoms. The molecule has 0 aliphatic rings. The van der Waals surface area contributed by atoms with Crippen LogP contribution in [0.15, 0.2) is 36.7 Å². The number of rotatable bonds is 5. The molecule has 0 amide bonds. The van der Waals surface area contributed by atoms with Crippen molar-refractivity contribution in [1.82, 2.24) is 4.98 Å². The van der Waals surface area contributed by atoms with Crippen molar-refractivity contribution in [3.05, 3.63) is 36.7 Å². The van der Waals surface area contributed by atoms with E-state index in [1.54, 1.807) is 0 Å². The van der Waals surface area contributed by atoms with E-state index in [1.165, 1.54) is 0 Å². The van der Waals surface area contributed by atoms with Crippen molar-refractivity contribution in [1.29, 1.82) is 0 Å². The van der Waals surface area contributed by atoms with E-state index in [0.29, 0.717) is 12.2 Å². The zero-order valence-electron chi connectivity index (χ0n) is 9.93. The first-order chi connectivity index (χ1) is 8.70. The van der Waals surface area contributed by atoms with Gasteiger partial charge in [-0.05, 0) is 24.3 Å². The highest BCUT2D eigenvalue weighted by molar-refractivity contribution is 5.79. The van der Waals surface area contributed by atoms with Gasteiger partial charge < -0.3 is 26.2 Å². The van der Waals surface area contributed by atoms with Gasteiger partial charge in [-0.15, -0.1) is 0 Å².